The lowest BCUT2D eigenvalue weighted by Crippen LogP contribution is -2.27. The number of aromatic nitrogens is 2. The molecule has 1 aromatic heterocycles. The van der Waals surface area contributed by atoms with Gasteiger partial charge >= 0.3 is 0 Å². The van der Waals surface area contributed by atoms with Crippen molar-refractivity contribution in [1.82, 2.24) is 14.6 Å². The van der Waals surface area contributed by atoms with Crippen LogP contribution in [0.1, 0.15) is 31.7 Å². The van der Waals surface area contributed by atoms with Crippen LogP contribution in [0.3, 0.4) is 0 Å². The molecule has 0 aliphatic heterocycles. The van der Waals surface area contributed by atoms with Crippen molar-refractivity contribution in [3.8, 4) is 11.6 Å². The van der Waals surface area contributed by atoms with E-state index in [9.17, 15) is 14.7 Å². The first-order valence-electron chi connectivity index (χ1n) is 7.89. The summed E-state index contributed by atoms with van der Waals surface area (Å²) in [4.78, 5) is 24.3. The van der Waals surface area contributed by atoms with Crippen LogP contribution >= 0.6 is 12.2 Å². The molecule has 0 aliphatic carbocycles. The molecular weight excluding hydrogens is 340 g/mol. The van der Waals surface area contributed by atoms with Crippen LogP contribution in [0.15, 0.2) is 40.2 Å². The molecule has 2 N–H and O–H groups in total. The van der Waals surface area contributed by atoms with Crippen LogP contribution in [-0.4, -0.2) is 26.4 Å². The average molecular weight is 360 g/mol. The molecule has 0 atom stereocenters. The van der Waals surface area contributed by atoms with Gasteiger partial charge in [-0.3, -0.25) is 18.7 Å². The molecule has 0 unspecified atom stereocenters. The van der Waals surface area contributed by atoms with E-state index in [4.69, 9.17) is 12.2 Å². The van der Waals surface area contributed by atoms with Gasteiger partial charge in [0, 0.05) is 13.5 Å². The number of nitrogens with zero attached hydrogens (tertiary/aromatic N) is 3. The minimum atomic E-state index is -0.515. The summed E-state index contributed by atoms with van der Waals surface area (Å²) in [6.45, 7) is 1.98. The van der Waals surface area contributed by atoms with Gasteiger partial charge < -0.3 is 5.11 Å². The van der Waals surface area contributed by atoms with E-state index in [0.29, 0.717) is 12.1 Å². The molecule has 0 aliphatic rings. The van der Waals surface area contributed by atoms with E-state index in [-0.39, 0.29) is 22.1 Å². The normalized spacial score (nSPS) is 11.0. The number of para-hydroxylation sites is 1. The monoisotopic (exact) mass is 360 g/mol. The van der Waals surface area contributed by atoms with Crippen molar-refractivity contribution < 1.29 is 9.90 Å². The summed E-state index contributed by atoms with van der Waals surface area (Å²) in [6, 6.07) is 8.87. The highest BCUT2D eigenvalue weighted by atomic mass is 32.1. The molecule has 7 nitrogen and oxygen atoms in total. The van der Waals surface area contributed by atoms with Gasteiger partial charge in [0.15, 0.2) is 4.77 Å². The van der Waals surface area contributed by atoms with Gasteiger partial charge in [0.25, 0.3) is 5.56 Å². The molecule has 25 heavy (non-hydrogen) atoms. The molecule has 0 radical (unpaired) electrons. The van der Waals surface area contributed by atoms with Gasteiger partial charge in [-0.05, 0) is 30.8 Å². The third-order valence-electron chi connectivity index (χ3n) is 3.63. The smallest absolute Gasteiger partial charge is 0.271 e. The number of rotatable bonds is 6. The third-order valence-corrected chi connectivity index (χ3v) is 4.08. The lowest BCUT2D eigenvalue weighted by Gasteiger charge is -2.12. The van der Waals surface area contributed by atoms with Crippen LogP contribution in [0.2, 0.25) is 0 Å². The number of hydrazone groups is 1. The minimum Gasteiger partial charge on any atom is -0.494 e. The van der Waals surface area contributed by atoms with Crippen LogP contribution in [0, 0.1) is 4.77 Å². The zero-order valence-electron chi connectivity index (χ0n) is 14.1. The third kappa shape index (κ3) is 4.21. The van der Waals surface area contributed by atoms with Gasteiger partial charge in [0.1, 0.15) is 5.56 Å². The number of aromatic hydroxyl groups is 1. The molecule has 1 aromatic carbocycles. The Labute approximate surface area is 150 Å². The summed E-state index contributed by atoms with van der Waals surface area (Å²) in [6.07, 6.45) is 3.14. The summed E-state index contributed by atoms with van der Waals surface area (Å²) in [5.41, 5.74) is 2.35. The number of hydrogen-bond acceptors (Lipinski definition) is 5. The van der Waals surface area contributed by atoms with E-state index < -0.39 is 5.56 Å². The summed E-state index contributed by atoms with van der Waals surface area (Å²) in [5, 5.41) is 14.0. The Bertz CT molecular complexity index is 901. The molecular formula is C17H20N4O3S. The molecule has 1 amide bonds. The zero-order valence-corrected chi connectivity index (χ0v) is 14.9. The Morgan fingerprint density at radius 3 is 2.68 bits per heavy atom. The number of nitrogens with one attached hydrogen (secondary N) is 1. The van der Waals surface area contributed by atoms with Crippen molar-refractivity contribution in [3.05, 3.63) is 51.0 Å². The topological polar surface area (TPSA) is 88.6 Å². The summed E-state index contributed by atoms with van der Waals surface area (Å²) in [5.74, 6) is -0.557. The fourth-order valence-corrected chi connectivity index (χ4v) is 2.48. The van der Waals surface area contributed by atoms with E-state index in [1.165, 1.54) is 9.13 Å². The molecule has 0 saturated carbocycles. The SMILES string of the molecule is CCCCC(=O)N/N=C/c1c(O)n(C)c(=S)n(-c2ccccc2)c1=O. The number of unbranched alkanes of at least 4 members (excludes halogenated alkanes) is 1. The van der Waals surface area contributed by atoms with Crippen LogP contribution in [0.5, 0.6) is 5.88 Å². The lowest BCUT2D eigenvalue weighted by atomic mass is 10.2. The highest BCUT2D eigenvalue weighted by molar-refractivity contribution is 7.71. The zero-order chi connectivity index (χ0) is 18.4. The van der Waals surface area contributed by atoms with Gasteiger partial charge in [0.2, 0.25) is 11.8 Å². The second kappa shape index (κ2) is 8.39. The van der Waals surface area contributed by atoms with E-state index in [1.807, 2.05) is 13.0 Å². The number of hydrogen-bond donors (Lipinski definition) is 2. The van der Waals surface area contributed by atoms with Crippen LogP contribution < -0.4 is 11.0 Å². The first-order chi connectivity index (χ1) is 12.0. The van der Waals surface area contributed by atoms with E-state index in [0.717, 1.165) is 19.1 Å². The summed E-state index contributed by atoms with van der Waals surface area (Å²) in [7, 11) is 1.55. The maximum atomic E-state index is 12.7. The molecule has 0 spiro atoms. The van der Waals surface area contributed by atoms with Gasteiger partial charge in [-0.25, -0.2) is 5.43 Å². The molecule has 132 valence electrons. The van der Waals surface area contributed by atoms with Gasteiger partial charge in [-0.2, -0.15) is 5.10 Å². The molecule has 0 bridgehead atoms. The predicted octanol–water partition coefficient (Wildman–Crippen LogP) is 2.25. The number of carbonyl (C=O) groups excluding carboxylic acids is 1. The molecule has 8 heteroatoms. The van der Waals surface area contributed by atoms with Crippen molar-refractivity contribution in [1.29, 1.82) is 0 Å². The second-order valence-corrected chi connectivity index (χ2v) is 5.82. The largest absolute Gasteiger partial charge is 0.494 e. The van der Waals surface area contributed by atoms with Crippen LogP contribution in [0.4, 0.5) is 0 Å². The quantitative estimate of drug-likeness (QED) is 0.470. The molecule has 2 aromatic rings. The molecule has 1 heterocycles. The molecule has 2 rings (SSSR count). The predicted molar refractivity (Wildman–Crippen MR) is 98.8 cm³/mol. The first-order valence-corrected chi connectivity index (χ1v) is 8.30. The minimum absolute atomic E-state index is 0.0595. The van der Waals surface area contributed by atoms with Crippen LogP contribution in [-0.2, 0) is 11.8 Å². The highest BCUT2D eigenvalue weighted by Gasteiger charge is 2.14. The summed E-state index contributed by atoms with van der Waals surface area (Å²) >= 11 is 5.26. The van der Waals surface area contributed by atoms with Gasteiger partial charge in [-0.15, -0.1) is 0 Å². The number of benzene rings is 1. The fourth-order valence-electron chi connectivity index (χ4n) is 2.20. The van der Waals surface area contributed by atoms with Crippen LogP contribution in [0.25, 0.3) is 5.69 Å². The van der Waals surface area contributed by atoms with Crippen molar-refractivity contribution in [2.75, 3.05) is 0 Å². The van der Waals surface area contributed by atoms with Crippen molar-refractivity contribution >= 4 is 24.3 Å². The van der Waals surface area contributed by atoms with Crippen molar-refractivity contribution in [3.63, 3.8) is 0 Å². The Morgan fingerprint density at radius 2 is 2.04 bits per heavy atom. The fraction of sp³-hybridized carbons (Fsp3) is 0.294. The maximum absolute atomic E-state index is 12.7. The van der Waals surface area contributed by atoms with E-state index in [2.05, 4.69) is 10.5 Å². The Balaban J connectivity index is 2.43. The Hall–Kier alpha value is -2.74. The maximum Gasteiger partial charge on any atom is 0.271 e. The summed E-state index contributed by atoms with van der Waals surface area (Å²) < 4.78 is 2.76. The standard InChI is InChI=1S/C17H20N4O3S/c1-3-4-10-14(22)19-18-11-13-15(23)20(2)17(25)21(16(13)24)12-8-6-5-7-9-12/h5-9,11,23H,3-4,10H2,1-2H3,(H,19,22)/b18-11+. The number of amides is 1. The number of carbonyl (C=O) groups is 1. The van der Waals surface area contributed by atoms with Crippen molar-refractivity contribution in [2.45, 2.75) is 26.2 Å². The van der Waals surface area contributed by atoms with Crippen molar-refractivity contribution in [2.24, 2.45) is 12.1 Å². The highest BCUT2D eigenvalue weighted by Crippen LogP contribution is 2.14. The van der Waals surface area contributed by atoms with Gasteiger partial charge in [-0.1, -0.05) is 31.5 Å². The van der Waals surface area contributed by atoms with E-state index in [1.54, 1.807) is 31.3 Å². The second-order valence-electron chi connectivity index (χ2n) is 5.45. The van der Waals surface area contributed by atoms with E-state index >= 15 is 0 Å². The molecule has 0 saturated heterocycles. The van der Waals surface area contributed by atoms with Gasteiger partial charge in [0.05, 0.1) is 11.9 Å². The average Bonchev–Trinajstić information content (AvgIpc) is 2.62. The first kappa shape index (κ1) is 18.6. The Kier molecular flexibility index (Phi) is 6.24. The Morgan fingerprint density at radius 1 is 1.36 bits per heavy atom. The molecule has 0 fully saturated rings. The lowest BCUT2D eigenvalue weighted by molar-refractivity contribution is -0.121.